The molecule has 3 aromatic carbocycles. The molecule has 0 radical (unpaired) electrons. The fourth-order valence-corrected chi connectivity index (χ4v) is 3.65. The minimum Gasteiger partial charge on any atom is -0.359 e. The summed E-state index contributed by atoms with van der Waals surface area (Å²) in [6.45, 7) is 1.91. The number of hydrogen-bond acceptors (Lipinski definition) is 5. The highest BCUT2D eigenvalue weighted by Gasteiger charge is 2.21. The lowest BCUT2D eigenvalue weighted by atomic mass is 9.99. The van der Waals surface area contributed by atoms with E-state index in [4.69, 9.17) is 14.7 Å². The molecule has 2 atom stereocenters. The van der Waals surface area contributed by atoms with E-state index in [2.05, 4.69) is 41.7 Å². The van der Waals surface area contributed by atoms with Crippen molar-refractivity contribution in [3.63, 3.8) is 0 Å². The van der Waals surface area contributed by atoms with Crippen LogP contribution in [0.4, 0.5) is 0 Å². The van der Waals surface area contributed by atoms with Crippen LogP contribution in [-0.4, -0.2) is 43.6 Å². The van der Waals surface area contributed by atoms with Gasteiger partial charge in [0.1, 0.15) is 6.79 Å². The Kier molecular flexibility index (Phi) is 9.34. The van der Waals surface area contributed by atoms with E-state index in [1.165, 1.54) is 7.11 Å². The average molecular weight is 463 g/mol. The van der Waals surface area contributed by atoms with Crippen LogP contribution in [0.15, 0.2) is 78.9 Å². The second-order valence-electron chi connectivity index (χ2n) is 8.08. The monoisotopic (exact) mass is 462 g/mol. The molecule has 0 aliphatic carbocycles. The molecule has 0 aliphatic rings. The van der Waals surface area contributed by atoms with Gasteiger partial charge >= 0.3 is 0 Å². The highest BCUT2D eigenvalue weighted by atomic mass is 16.7. The lowest BCUT2D eigenvalue weighted by Gasteiger charge is -2.21. The average Bonchev–Trinajstić information content (AvgIpc) is 2.89. The first kappa shape index (κ1) is 25.1. The van der Waals surface area contributed by atoms with Gasteiger partial charge in [-0.1, -0.05) is 73.7 Å². The van der Waals surface area contributed by atoms with Crippen molar-refractivity contribution in [2.24, 2.45) is 5.92 Å². The maximum Gasteiger partial charge on any atom is 0.251 e. The van der Waals surface area contributed by atoms with E-state index in [1.807, 2.05) is 30.3 Å². The third-order valence-corrected chi connectivity index (χ3v) is 5.52. The number of hydroxylamine groups is 1. The van der Waals surface area contributed by atoms with Gasteiger partial charge < -0.3 is 14.8 Å². The Labute approximate surface area is 199 Å². The quantitative estimate of drug-likeness (QED) is 0.171. The van der Waals surface area contributed by atoms with E-state index in [0.29, 0.717) is 12.0 Å². The zero-order valence-corrected chi connectivity index (χ0v) is 19.4. The topological polar surface area (TPSA) is 96.9 Å². The predicted molar refractivity (Wildman–Crippen MR) is 130 cm³/mol. The summed E-state index contributed by atoms with van der Waals surface area (Å²) in [7, 11) is 1.51. The minimum absolute atomic E-state index is 0.0741. The number of carbonyl (C=O) groups is 2. The number of nitrogens with one attached hydrogen (secondary N) is 2. The van der Waals surface area contributed by atoms with Crippen molar-refractivity contribution in [3.8, 4) is 22.3 Å². The maximum atomic E-state index is 12.8. The maximum absolute atomic E-state index is 12.8. The standard InChI is InChI=1S/C27H30N2O5/c1-19(26(30)29-32)16-25(17-34-18-33-2)28-27(31)24-14-12-23(13-15-24)22-10-8-21(9-11-22)20-6-4-3-5-7-20/h3-15,19,25,32H,16-18H2,1-2H3,(H,28,31)(H,29,30). The molecule has 34 heavy (non-hydrogen) atoms. The number of methoxy groups -OCH3 is 1. The number of benzene rings is 3. The molecule has 3 rings (SSSR count). The molecular weight excluding hydrogens is 432 g/mol. The van der Waals surface area contributed by atoms with Crippen molar-refractivity contribution < 1.29 is 24.3 Å². The number of hydrogen-bond donors (Lipinski definition) is 3. The Morgan fingerprint density at radius 2 is 1.38 bits per heavy atom. The molecule has 7 heteroatoms. The third kappa shape index (κ3) is 6.99. The molecule has 0 saturated carbocycles. The molecule has 178 valence electrons. The van der Waals surface area contributed by atoms with Crippen molar-refractivity contribution in [1.29, 1.82) is 0 Å². The zero-order chi connectivity index (χ0) is 24.3. The van der Waals surface area contributed by atoms with Gasteiger partial charge in [0.2, 0.25) is 5.91 Å². The van der Waals surface area contributed by atoms with E-state index in [1.54, 1.807) is 24.5 Å². The first-order valence-corrected chi connectivity index (χ1v) is 11.1. The van der Waals surface area contributed by atoms with Crippen LogP contribution in [0.1, 0.15) is 23.7 Å². The fourth-order valence-electron chi connectivity index (χ4n) is 3.65. The number of carbonyl (C=O) groups excluding carboxylic acids is 2. The Morgan fingerprint density at radius 3 is 1.91 bits per heavy atom. The Bertz CT molecular complexity index is 1050. The number of amides is 2. The molecule has 2 unspecified atom stereocenters. The van der Waals surface area contributed by atoms with Crippen molar-refractivity contribution in [2.75, 3.05) is 20.5 Å². The summed E-state index contributed by atoms with van der Waals surface area (Å²) in [4.78, 5) is 24.5. The normalized spacial score (nSPS) is 12.6. The van der Waals surface area contributed by atoms with Crippen LogP contribution in [0.5, 0.6) is 0 Å². The van der Waals surface area contributed by atoms with E-state index < -0.39 is 17.9 Å². The van der Waals surface area contributed by atoms with E-state index in [0.717, 1.165) is 22.3 Å². The van der Waals surface area contributed by atoms with Crippen LogP contribution in [-0.2, 0) is 14.3 Å². The third-order valence-electron chi connectivity index (χ3n) is 5.52. The second kappa shape index (κ2) is 12.6. The highest BCUT2D eigenvalue weighted by molar-refractivity contribution is 5.95. The summed E-state index contributed by atoms with van der Waals surface area (Å²) < 4.78 is 10.3. The molecule has 7 nitrogen and oxygen atoms in total. The highest BCUT2D eigenvalue weighted by Crippen LogP contribution is 2.25. The second-order valence-corrected chi connectivity index (χ2v) is 8.08. The van der Waals surface area contributed by atoms with Crippen LogP contribution in [0, 0.1) is 5.92 Å². The molecule has 0 saturated heterocycles. The van der Waals surface area contributed by atoms with Gasteiger partial charge in [-0.25, -0.2) is 5.48 Å². The Morgan fingerprint density at radius 1 is 0.853 bits per heavy atom. The van der Waals surface area contributed by atoms with E-state index >= 15 is 0 Å². The van der Waals surface area contributed by atoms with Gasteiger partial charge in [-0.2, -0.15) is 0 Å². The Hall–Kier alpha value is -3.52. The summed E-state index contributed by atoms with van der Waals surface area (Å²) in [5, 5.41) is 11.8. The van der Waals surface area contributed by atoms with Crippen molar-refractivity contribution in [3.05, 3.63) is 84.4 Å². The fraction of sp³-hybridized carbons (Fsp3) is 0.259. The number of ether oxygens (including phenoxy) is 2. The predicted octanol–water partition coefficient (Wildman–Crippen LogP) is 4.27. The molecule has 0 aliphatic heterocycles. The molecule has 0 heterocycles. The lowest BCUT2D eigenvalue weighted by Crippen LogP contribution is -2.41. The van der Waals surface area contributed by atoms with Gasteiger partial charge in [0.25, 0.3) is 5.91 Å². The largest absolute Gasteiger partial charge is 0.359 e. The molecule has 3 N–H and O–H groups in total. The van der Waals surface area contributed by atoms with Gasteiger partial charge in [0.05, 0.1) is 12.6 Å². The molecule has 0 fully saturated rings. The van der Waals surface area contributed by atoms with Gasteiger partial charge in [0.15, 0.2) is 0 Å². The van der Waals surface area contributed by atoms with Crippen molar-refractivity contribution >= 4 is 11.8 Å². The van der Waals surface area contributed by atoms with Crippen molar-refractivity contribution in [1.82, 2.24) is 10.8 Å². The van der Waals surface area contributed by atoms with Crippen LogP contribution in [0.2, 0.25) is 0 Å². The van der Waals surface area contributed by atoms with Crippen molar-refractivity contribution in [2.45, 2.75) is 19.4 Å². The SMILES string of the molecule is COCOCC(CC(C)C(=O)NO)NC(=O)c1ccc(-c2ccc(-c3ccccc3)cc2)cc1. The van der Waals surface area contributed by atoms with E-state index in [9.17, 15) is 9.59 Å². The van der Waals surface area contributed by atoms with Crippen LogP contribution >= 0.6 is 0 Å². The summed E-state index contributed by atoms with van der Waals surface area (Å²) >= 11 is 0. The molecule has 2 amide bonds. The van der Waals surface area contributed by atoms with Gasteiger partial charge in [0, 0.05) is 18.6 Å². The van der Waals surface area contributed by atoms with Crippen LogP contribution < -0.4 is 10.8 Å². The smallest absolute Gasteiger partial charge is 0.251 e. The van der Waals surface area contributed by atoms with E-state index in [-0.39, 0.29) is 19.3 Å². The van der Waals surface area contributed by atoms with Crippen LogP contribution in [0.3, 0.4) is 0 Å². The molecule has 3 aromatic rings. The summed E-state index contributed by atoms with van der Waals surface area (Å²) in [5.41, 5.74) is 6.51. The first-order valence-electron chi connectivity index (χ1n) is 11.1. The van der Waals surface area contributed by atoms with Crippen LogP contribution in [0.25, 0.3) is 22.3 Å². The van der Waals surface area contributed by atoms with Gasteiger partial charge in [-0.05, 0) is 40.8 Å². The summed E-state index contributed by atoms with van der Waals surface area (Å²) in [6.07, 6.45) is 0.299. The Balaban J connectivity index is 1.66. The summed E-state index contributed by atoms with van der Waals surface area (Å²) in [5.74, 6) is -1.30. The molecule has 0 spiro atoms. The van der Waals surface area contributed by atoms with Gasteiger partial charge in [-0.3, -0.25) is 14.8 Å². The molecular formula is C27H30N2O5. The van der Waals surface area contributed by atoms with Gasteiger partial charge in [-0.15, -0.1) is 0 Å². The molecule has 0 bridgehead atoms. The summed E-state index contributed by atoms with van der Waals surface area (Å²) in [6, 6.07) is 25.4. The zero-order valence-electron chi connectivity index (χ0n) is 19.4. The number of rotatable bonds is 11. The first-order chi connectivity index (χ1) is 16.5. The lowest BCUT2D eigenvalue weighted by molar-refractivity contribution is -0.133. The molecule has 0 aromatic heterocycles. The minimum atomic E-state index is -0.520.